The smallest absolute Gasteiger partial charge is 0.254 e. The van der Waals surface area contributed by atoms with Crippen LogP contribution in [0.15, 0.2) is 4.79 Å². The van der Waals surface area contributed by atoms with Crippen LogP contribution >= 0.6 is 0 Å². The van der Waals surface area contributed by atoms with Crippen LogP contribution in [-0.2, 0) is 24.2 Å². The largest absolute Gasteiger partial charge is 0.336 e. The highest BCUT2D eigenvalue weighted by Crippen LogP contribution is 2.34. The fraction of sp³-hybridized carbons (Fsp3) is 0.750. The van der Waals surface area contributed by atoms with Gasteiger partial charge in [0.2, 0.25) is 5.91 Å². The lowest BCUT2D eigenvalue weighted by atomic mass is 9.80. The van der Waals surface area contributed by atoms with Crippen molar-refractivity contribution in [2.45, 2.75) is 58.9 Å². The number of carbonyl (C=O) groups is 1. The number of hydrogen-bond donors (Lipinski definition) is 1. The maximum absolute atomic E-state index is 13.3. The molecule has 0 radical (unpaired) electrons. The highest BCUT2D eigenvalue weighted by Gasteiger charge is 2.41. The average Bonchev–Trinajstić information content (AvgIpc) is 3.44. The Hall–Kier alpha value is -1.69. The van der Waals surface area contributed by atoms with Crippen LogP contribution in [0, 0.1) is 11.3 Å². The van der Waals surface area contributed by atoms with Gasteiger partial charge in [-0.25, -0.2) is 4.98 Å². The first kappa shape index (κ1) is 17.7. The number of amides is 1. The molecule has 3 heterocycles. The summed E-state index contributed by atoms with van der Waals surface area (Å²) in [5.41, 5.74) is 1.27. The number of nitrogens with one attached hydrogen (secondary N) is 1. The lowest BCUT2D eigenvalue weighted by molar-refractivity contribution is -0.145. The van der Waals surface area contributed by atoms with Gasteiger partial charge in [-0.05, 0) is 58.0 Å². The van der Waals surface area contributed by atoms with Crippen LogP contribution in [0.4, 0.5) is 0 Å². The van der Waals surface area contributed by atoms with Gasteiger partial charge in [0, 0.05) is 25.1 Å². The third-order valence-corrected chi connectivity index (χ3v) is 6.33. The minimum Gasteiger partial charge on any atom is -0.336 e. The summed E-state index contributed by atoms with van der Waals surface area (Å²) in [6, 6.07) is 0. The van der Waals surface area contributed by atoms with E-state index in [1.165, 1.54) is 12.8 Å². The van der Waals surface area contributed by atoms with E-state index in [-0.39, 0.29) is 16.9 Å². The fourth-order valence-corrected chi connectivity index (χ4v) is 4.53. The molecular weight excluding hydrogens is 328 g/mol. The maximum atomic E-state index is 13.3. The SMILES string of the molecule is CCN1CCC[C@@](C)(C(=O)N2CCc3c(nc(CC4CC4)[nH]c3=O)C2)C1. The third kappa shape index (κ3) is 3.43. The molecule has 1 aromatic rings. The summed E-state index contributed by atoms with van der Waals surface area (Å²) in [5, 5.41) is 0. The van der Waals surface area contributed by atoms with Crippen LogP contribution < -0.4 is 5.56 Å². The highest BCUT2D eigenvalue weighted by atomic mass is 16.2. The summed E-state index contributed by atoms with van der Waals surface area (Å²) in [5.74, 6) is 1.71. The van der Waals surface area contributed by atoms with Crippen LogP contribution in [0.1, 0.15) is 56.6 Å². The van der Waals surface area contributed by atoms with E-state index in [1.54, 1.807) is 0 Å². The Kier molecular flexibility index (Phi) is 4.63. The predicted molar refractivity (Wildman–Crippen MR) is 99.9 cm³/mol. The Labute approximate surface area is 155 Å². The zero-order chi connectivity index (χ0) is 18.3. The number of piperidine rings is 1. The van der Waals surface area contributed by atoms with Gasteiger partial charge in [-0.15, -0.1) is 0 Å². The number of likely N-dealkylation sites (tertiary alicyclic amines) is 1. The number of rotatable bonds is 4. The van der Waals surface area contributed by atoms with Crippen molar-refractivity contribution < 1.29 is 4.79 Å². The molecule has 0 aromatic carbocycles. The molecule has 3 aliphatic rings. The van der Waals surface area contributed by atoms with Gasteiger partial charge in [-0.1, -0.05) is 6.92 Å². The quantitative estimate of drug-likeness (QED) is 0.890. The zero-order valence-corrected chi connectivity index (χ0v) is 16.0. The predicted octanol–water partition coefficient (Wildman–Crippen LogP) is 1.73. The standard InChI is InChI=1S/C20H30N4O2/c1-3-23-9-4-8-20(2,13-23)19(26)24-10-7-15-16(12-24)21-17(22-18(15)25)11-14-5-6-14/h14H,3-13H2,1-2H3,(H,21,22,25)/t20-/m1/s1. The second kappa shape index (κ2) is 6.80. The van der Waals surface area contributed by atoms with E-state index in [0.717, 1.165) is 56.0 Å². The highest BCUT2D eigenvalue weighted by molar-refractivity contribution is 5.83. The molecule has 1 N–H and O–H groups in total. The Bertz CT molecular complexity index is 755. The topological polar surface area (TPSA) is 69.3 Å². The summed E-state index contributed by atoms with van der Waals surface area (Å²) in [6.45, 7) is 8.29. The summed E-state index contributed by atoms with van der Waals surface area (Å²) >= 11 is 0. The second-order valence-corrected chi connectivity index (χ2v) is 8.60. The van der Waals surface area contributed by atoms with Crippen molar-refractivity contribution in [1.29, 1.82) is 0 Å². The molecule has 26 heavy (non-hydrogen) atoms. The Morgan fingerprint density at radius 1 is 1.35 bits per heavy atom. The van der Waals surface area contributed by atoms with Crippen molar-refractivity contribution in [3.05, 3.63) is 27.4 Å². The van der Waals surface area contributed by atoms with Crippen LogP contribution in [0.5, 0.6) is 0 Å². The summed E-state index contributed by atoms with van der Waals surface area (Å²) in [7, 11) is 0. The molecule has 2 aliphatic heterocycles. The van der Waals surface area contributed by atoms with E-state index in [2.05, 4.69) is 23.7 Å². The van der Waals surface area contributed by atoms with E-state index in [9.17, 15) is 9.59 Å². The first-order valence-electron chi connectivity index (χ1n) is 10.1. The third-order valence-electron chi connectivity index (χ3n) is 6.33. The van der Waals surface area contributed by atoms with Gasteiger partial charge in [0.05, 0.1) is 17.7 Å². The van der Waals surface area contributed by atoms with Crippen molar-refractivity contribution in [1.82, 2.24) is 19.8 Å². The number of carbonyl (C=O) groups excluding carboxylic acids is 1. The van der Waals surface area contributed by atoms with Crippen molar-refractivity contribution >= 4 is 5.91 Å². The maximum Gasteiger partial charge on any atom is 0.254 e. The van der Waals surface area contributed by atoms with Gasteiger partial charge in [-0.3, -0.25) is 9.59 Å². The van der Waals surface area contributed by atoms with Gasteiger partial charge in [0.15, 0.2) is 0 Å². The average molecular weight is 358 g/mol. The van der Waals surface area contributed by atoms with Crippen LogP contribution in [0.25, 0.3) is 0 Å². The molecule has 142 valence electrons. The molecule has 6 heteroatoms. The van der Waals surface area contributed by atoms with Gasteiger partial charge in [0.1, 0.15) is 5.82 Å². The van der Waals surface area contributed by atoms with Crippen LogP contribution in [0.2, 0.25) is 0 Å². The molecule has 1 aromatic heterocycles. The number of H-pyrrole nitrogens is 1. The molecular formula is C20H30N4O2. The number of aromatic nitrogens is 2. The van der Waals surface area contributed by atoms with Gasteiger partial charge in [-0.2, -0.15) is 0 Å². The molecule has 6 nitrogen and oxygen atoms in total. The van der Waals surface area contributed by atoms with Gasteiger partial charge < -0.3 is 14.8 Å². The number of nitrogens with zero attached hydrogens (tertiary/aromatic N) is 3. The lowest BCUT2D eigenvalue weighted by Gasteiger charge is -2.42. The molecule has 1 saturated carbocycles. The summed E-state index contributed by atoms with van der Waals surface area (Å²) < 4.78 is 0. The molecule has 0 bridgehead atoms. The first-order chi connectivity index (χ1) is 12.5. The van der Waals surface area contributed by atoms with Crippen molar-refractivity contribution in [2.75, 3.05) is 26.2 Å². The zero-order valence-electron chi connectivity index (χ0n) is 16.0. The molecule has 0 unspecified atom stereocenters. The Morgan fingerprint density at radius 3 is 2.88 bits per heavy atom. The van der Waals surface area contributed by atoms with E-state index in [4.69, 9.17) is 4.98 Å². The lowest BCUT2D eigenvalue weighted by Crippen LogP contribution is -2.52. The molecule has 1 aliphatic carbocycles. The fourth-order valence-electron chi connectivity index (χ4n) is 4.53. The van der Waals surface area contributed by atoms with Crippen LogP contribution in [-0.4, -0.2) is 51.9 Å². The number of aromatic amines is 1. The van der Waals surface area contributed by atoms with Crippen molar-refractivity contribution in [3.63, 3.8) is 0 Å². The Balaban J connectivity index is 1.52. The molecule has 2 fully saturated rings. The number of hydrogen-bond acceptors (Lipinski definition) is 4. The van der Waals surface area contributed by atoms with Gasteiger partial charge >= 0.3 is 0 Å². The monoisotopic (exact) mass is 358 g/mol. The van der Waals surface area contributed by atoms with Crippen molar-refractivity contribution in [2.24, 2.45) is 11.3 Å². The molecule has 1 amide bonds. The summed E-state index contributed by atoms with van der Waals surface area (Å²) in [6.07, 6.45) is 5.96. The normalized spacial score (nSPS) is 26.6. The minimum absolute atomic E-state index is 0.00112. The summed E-state index contributed by atoms with van der Waals surface area (Å²) in [4.78, 5) is 37.7. The molecule has 1 atom stereocenters. The van der Waals surface area contributed by atoms with Crippen molar-refractivity contribution in [3.8, 4) is 0 Å². The molecule has 0 spiro atoms. The van der Waals surface area contributed by atoms with E-state index in [1.807, 2.05) is 4.90 Å². The van der Waals surface area contributed by atoms with Crippen LogP contribution in [0.3, 0.4) is 0 Å². The molecule has 1 saturated heterocycles. The minimum atomic E-state index is -0.316. The van der Waals surface area contributed by atoms with Gasteiger partial charge in [0.25, 0.3) is 5.56 Å². The van der Waals surface area contributed by atoms with E-state index in [0.29, 0.717) is 25.4 Å². The first-order valence-corrected chi connectivity index (χ1v) is 10.1. The number of fused-ring (bicyclic) bond motifs is 1. The van der Waals surface area contributed by atoms with E-state index < -0.39 is 0 Å². The molecule has 4 rings (SSSR count). The second-order valence-electron chi connectivity index (χ2n) is 8.60. The Morgan fingerprint density at radius 2 is 2.15 bits per heavy atom. The van der Waals surface area contributed by atoms with E-state index >= 15 is 0 Å².